The first kappa shape index (κ1) is 32.4. The number of hydrogen-bond donors (Lipinski definition) is 5. The van der Waals surface area contributed by atoms with Crippen molar-refractivity contribution in [2.75, 3.05) is 12.4 Å². The molecule has 1 aromatic heterocycles. The molecule has 5 N–H and O–H groups in total. The van der Waals surface area contributed by atoms with Gasteiger partial charge in [0.15, 0.2) is 15.5 Å². The molecule has 0 saturated heterocycles. The van der Waals surface area contributed by atoms with Crippen molar-refractivity contribution < 1.29 is 54.1 Å². The predicted molar refractivity (Wildman–Crippen MR) is 149 cm³/mol. The van der Waals surface area contributed by atoms with Crippen molar-refractivity contribution in [3.8, 4) is 5.69 Å². The fraction of sp³-hybridized carbons (Fsp3) is 0.136. The monoisotopic (exact) mass is 676 g/mol. The minimum Gasteiger partial charge on any atom is -0.395 e. The number of benzene rings is 3. The normalized spacial score (nSPS) is 12.9. The minimum atomic E-state index is -5.01. The number of fused-ring (bicyclic) bond motifs is 1. The van der Waals surface area contributed by atoms with Crippen LogP contribution < -0.4 is 5.56 Å². The van der Waals surface area contributed by atoms with Gasteiger partial charge < -0.3 is 5.11 Å². The lowest BCUT2D eigenvalue weighted by molar-refractivity contribution is -0.432. The molecule has 3 aromatic carbocycles. The summed E-state index contributed by atoms with van der Waals surface area (Å²) < 4.78 is 97.7. The van der Waals surface area contributed by atoms with Crippen LogP contribution >= 0.6 is 12.0 Å². The number of sulfone groups is 1. The largest absolute Gasteiger partial charge is 0.395 e. The summed E-state index contributed by atoms with van der Waals surface area (Å²) in [6.07, 6.45) is 0. The molecule has 0 spiro atoms. The molecule has 0 radical (unpaired) electrons. The van der Waals surface area contributed by atoms with Crippen LogP contribution in [0.1, 0.15) is 5.69 Å². The number of rotatable bonds is 11. The van der Waals surface area contributed by atoms with E-state index in [2.05, 4.69) is 24.7 Å². The van der Waals surface area contributed by atoms with Crippen LogP contribution in [0.2, 0.25) is 0 Å². The number of nitrogens with one attached hydrogen (secondary N) is 1. The summed E-state index contributed by atoms with van der Waals surface area (Å²) in [5.41, 5.74) is -1.36. The zero-order valence-electron chi connectivity index (χ0n) is 21.5. The average Bonchev–Trinajstić information content (AvgIpc) is 3.21. The molecule has 43 heavy (non-hydrogen) atoms. The van der Waals surface area contributed by atoms with Crippen molar-refractivity contribution in [3.63, 3.8) is 0 Å². The molecule has 17 nitrogen and oxygen atoms in total. The van der Waals surface area contributed by atoms with E-state index in [4.69, 9.17) is 10.4 Å². The van der Waals surface area contributed by atoms with E-state index >= 15 is 0 Å². The average molecular weight is 677 g/mol. The third-order valence-corrected chi connectivity index (χ3v) is 9.84. The second-order valence-electron chi connectivity index (χ2n) is 8.60. The summed E-state index contributed by atoms with van der Waals surface area (Å²) in [7, 11) is -13.7. The van der Waals surface area contributed by atoms with Crippen molar-refractivity contribution >= 4 is 64.3 Å². The Kier molecular flexibility index (Phi) is 9.22. The van der Waals surface area contributed by atoms with Gasteiger partial charge >= 0.3 is 0 Å². The molecular weight excluding hydrogens is 657 g/mol. The molecule has 230 valence electrons. The van der Waals surface area contributed by atoms with Gasteiger partial charge in [0.2, 0.25) is 0 Å². The van der Waals surface area contributed by atoms with Gasteiger partial charge in [0, 0.05) is 10.3 Å². The molecule has 0 bridgehead atoms. The Labute approximate surface area is 246 Å². The highest BCUT2D eigenvalue weighted by atomic mass is 32.2. The standard InChI is InChI=1S/C22H20N4O13S4/c1-12-21(22(28)26(25-12)14-2-4-16(5-3-14)41(30,31)7-6-27)24-23-18-11-17-13(9-20(18)43(35,36)37)8-15(40-39-38-29)10-19(17)42(32,33)34/h2-5,8-11,25,27,29H,6-7H2,1H3,(H,32,33,34)(H,35,36,37). The summed E-state index contributed by atoms with van der Waals surface area (Å²) >= 11 is 0.316. The molecule has 4 aromatic rings. The van der Waals surface area contributed by atoms with Crippen molar-refractivity contribution in [1.82, 2.24) is 9.78 Å². The molecule has 0 atom stereocenters. The van der Waals surface area contributed by atoms with Gasteiger partial charge in [-0.2, -0.15) is 16.8 Å². The highest BCUT2D eigenvalue weighted by Gasteiger charge is 2.23. The molecule has 0 unspecified atom stereocenters. The molecular formula is C22H20N4O13S4. The van der Waals surface area contributed by atoms with Gasteiger partial charge in [-0.15, -0.1) is 14.6 Å². The number of aliphatic hydroxyl groups excluding tert-OH is 1. The maximum absolute atomic E-state index is 13.1. The number of aromatic nitrogens is 2. The number of hydrogen-bond acceptors (Lipinski definition) is 14. The number of azo groups is 1. The number of H-pyrrole nitrogens is 1. The van der Waals surface area contributed by atoms with Gasteiger partial charge in [-0.3, -0.25) is 19.0 Å². The van der Waals surface area contributed by atoms with Crippen LogP contribution in [0.15, 0.2) is 83.1 Å². The first-order valence-corrected chi connectivity index (χ1v) is 16.7. The summed E-state index contributed by atoms with van der Waals surface area (Å²) in [4.78, 5) is 11.4. The molecule has 0 amide bonds. The van der Waals surface area contributed by atoms with Gasteiger partial charge in [0.25, 0.3) is 25.8 Å². The van der Waals surface area contributed by atoms with Crippen molar-refractivity contribution in [3.05, 3.63) is 64.6 Å². The van der Waals surface area contributed by atoms with Crippen LogP contribution in [0, 0.1) is 6.92 Å². The highest BCUT2D eigenvalue weighted by molar-refractivity contribution is 7.94. The van der Waals surface area contributed by atoms with Crippen LogP contribution in [0.4, 0.5) is 11.4 Å². The van der Waals surface area contributed by atoms with Gasteiger partial charge in [0.05, 0.1) is 40.7 Å². The zero-order valence-corrected chi connectivity index (χ0v) is 24.7. The fourth-order valence-electron chi connectivity index (χ4n) is 3.90. The number of aromatic amines is 1. The molecule has 21 heteroatoms. The van der Waals surface area contributed by atoms with E-state index in [1.54, 1.807) is 0 Å². The number of aliphatic hydroxyl groups is 1. The van der Waals surface area contributed by atoms with Crippen molar-refractivity contribution in [1.29, 1.82) is 0 Å². The van der Waals surface area contributed by atoms with Crippen molar-refractivity contribution in [2.45, 2.75) is 26.5 Å². The van der Waals surface area contributed by atoms with E-state index in [1.807, 2.05) is 0 Å². The Bertz CT molecular complexity index is 2120. The van der Waals surface area contributed by atoms with Crippen LogP contribution in [0.3, 0.4) is 0 Å². The Morgan fingerprint density at radius 3 is 2.16 bits per heavy atom. The lowest BCUT2D eigenvalue weighted by atomic mass is 10.1. The first-order chi connectivity index (χ1) is 20.1. The third-order valence-electron chi connectivity index (χ3n) is 5.80. The van der Waals surface area contributed by atoms with E-state index < -0.39 is 63.5 Å². The summed E-state index contributed by atoms with van der Waals surface area (Å²) in [5, 5.41) is 30.7. The van der Waals surface area contributed by atoms with E-state index in [0.29, 0.717) is 12.0 Å². The molecule has 0 aliphatic rings. The zero-order chi connectivity index (χ0) is 31.7. The third kappa shape index (κ3) is 7.01. The lowest BCUT2D eigenvalue weighted by Gasteiger charge is -2.10. The van der Waals surface area contributed by atoms with Gasteiger partial charge in [-0.25, -0.2) is 18.4 Å². The van der Waals surface area contributed by atoms with Crippen LogP contribution in [-0.2, 0) is 39.4 Å². The van der Waals surface area contributed by atoms with Crippen LogP contribution in [0.5, 0.6) is 0 Å². The highest BCUT2D eigenvalue weighted by Crippen LogP contribution is 2.37. The first-order valence-electron chi connectivity index (χ1n) is 11.5. The number of aryl methyl sites for hydroxylation is 1. The van der Waals surface area contributed by atoms with Crippen LogP contribution in [0.25, 0.3) is 16.5 Å². The second-order valence-corrected chi connectivity index (χ2v) is 14.3. The van der Waals surface area contributed by atoms with E-state index in [9.17, 15) is 39.2 Å². The Morgan fingerprint density at radius 1 is 0.930 bits per heavy atom. The Balaban J connectivity index is 1.83. The Morgan fingerprint density at radius 2 is 1.58 bits per heavy atom. The molecule has 4 rings (SSSR count). The fourth-order valence-corrected chi connectivity index (χ4v) is 6.82. The van der Waals surface area contributed by atoms with E-state index in [1.165, 1.54) is 37.3 Å². The van der Waals surface area contributed by atoms with E-state index in [-0.39, 0.29) is 37.6 Å². The smallest absolute Gasteiger partial charge is 0.299 e. The topological polar surface area (TPSA) is 264 Å². The SMILES string of the molecule is Cc1[nH]n(-c2ccc(S(=O)(=O)CCO)cc2)c(=O)c1N=Nc1cc2c(S(=O)(=O)O)cc(SOOO)cc2cc1S(=O)(=O)O. The number of nitrogens with zero attached hydrogens (tertiary/aromatic N) is 3. The van der Waals surface area contributed by atoms with Crippen molar-refractivity contribution in [2.24, 2.45) is 10.2 Å². The van der Waals surface area contributed by atoms with Gasteiger partial charge in [0.1, 0.15) is 15.5 Å². The maximum atomic E-state index is 13.1. The molecule has 0 aliphatic heterocycles. The molecule has 0 fully saturated rings. The summed E-state index contributed by atoms with van der Waals surface area (Å²) in [5.74, 6) is -0.488. The van der Waals surface area contributed by atoms with E-state index in [0.717, 1.165) is 22.9 Å². The van der Waals surface area contributed by atoms with Gasteiger partial charge in [-0.05, 0) is 60.8 Å². The minimum absolute atomic E-state index is 0.0626. The second kappa shape index (κ2) is 12.2. The maximum Gasteiger partial charge on any atom is 0.299 e. The predicted octanol–water partition coefficient (Wildman–Crippen LogP) is 2.73. The molecule has 0 aliphatic carbocycles. The quantitative estimate of drug-likeness (QED) is 0.0503. The lowest BCUT2D eigenvalue weighted by Crippen LogP contribution is -2.15. The van der Waals surface area contributed by atoms with Crippen LogP contribution in [-0.4, -0.2) is 66.9 Å². The van der Waals surface area contributed by atoms with Gasteiger partial charge in [-0.1, -0.05) is 5.04 Å². The molecule has 0 saturated carbocycles. The summed E-state index contributed by atoms with van der Waals surface area (Å²) in [6.45, 7) is 0.862. The Hall–Kier alpha value is -3.51. The molecule has 1 heterocycles. The summed E-state index contributed by atoms with van der Waals surface area (Å²) in [6, 6.07) is 8.96.